The van der Waals surface area contributed by atoms with Crippen molar-refractivity contribution in [3.63, 3.8) is 0 Å². The monoisotopic (exact) mass is 759 g/mol. The van der Waals surface area contributed by atoms with E-state index in [1.54, 1.807) is 0 Å². The van der Waals surface area contributed by atoms with Gasteiger partial charge in [0, 0.05) is 21.9 Å². The molecule has 0 unspecified atom stereocenters. The molecular formula is C45H40B11N3O. The van der Waals surface area contributed by atoms with Gasteiger partial charge in [-0.25, -0.2) is 15.0 Å². The average Bonchev–Trinajstić information content (AvgIpc) is 3.69. The number of hydrogen-bond acceptors (Lipinski definition) is 4. The van der Waals surface area contributed by atoms with Crippen molar-refractivity contribution >= 4 is 168 Å². The SMILES string of the molecule is Bc1c(B)c(B)c(-c2c(B)c(B)c3c(oc4c(-c5nc(-c6ccccc6)nc(-c6ccc(-c7ccc(-c8ccccc8)cc7)cc6)n5)c(B)c(B)c(B)c43)c2B)c(B)c1B. The summed E-state index contributed by atoms with van der Waals surface area (Å²) in [5.41, 5.74) is 25.8. The third-order valence-corrected chi connectivity index (χ3v) is 13.6. The van der Waals surface area contributed by atoms with E-state index in [2.05, 4.69) is 171 Å². The first-order chi connectivity index (χ1) is 28.8. The highest BCUT2D eigenvalue weighted by Gasteiger charge is 2.27. The molecule has 15 heteroatoms. The zero-order valence-corrected chi connectivity index (χ0v) is 36.6. The zero-order valence-electron chi connectivity index (χ0n) is 36.6. The van der Waals surface area contributed by atoms with Gasteiger partial charge in [-0.05, 0) is 38.8 Å². The van der Waals surface area contributed by atoms with Gasteiger partial charge in [0.2, 0.25) is 0 Å². The maximum atomic E-state index is 7.24. The molecule has 0 fully saturated rings. The smallest absolute Gasteiger partial charge is 0.167 e. The molecule has 9 aromatic rings. The molecule has 0 aliphatic heterocycles. The number of nitrogens with zero attached hydrogens (tertiary/aromatic N) is 3. The fraction of sp³-hybridized carbons (Fsp3) is 0. The highest BCUT2D eigenvalue weighted by Crippen LogP contribution is 2.34. The van der Waals surface area contributed by atoms with Crippen LogP contribution in [0.25, 0.3) is 89.5 Å². The second-order valence-electron chi connectivity index (χ2n) is 16.7. The van der Waals surface area contributed by atoms with Gasteiger partial charge in [-0.15, -0.1) is 16.4 Å². The lowest BCUT2D eigenvalue weighted by Crippen LogP contribution is -2.56. The summed E-state index contributed by atoms with van der Waals surface area (Å²) in [5, 5.41) is 2.31. The van der Waals surface area contributed by atoms with Crippen LogP contribution in [0.1, 0.15) is 0 Å². The number of furan rings is 1. The molecule has 0 radical (unpaired) electrons. The fourth-order valence-electron chi connectivity index (χ4n) is 9.33. The second-order valence-corrected chi connectivity index (χ2v) is 16.7. The third kappa shape index (κ3) is 6.36. The van der Waals surface area contributed by atoms with E-state index in [-0.39, 0.29) is 0 Å². The number of hydrogen-bond donors (Lipinski definition) is 0. The van der Waals surface area contributed by atoms with Crippen LogP contribution in [0, 0.1) is 0 Å². The van der Waals surface area contributed by atoms with E-state index >= 15 is 0 Å². The summed E-state index contributed by atoms with van der Waals surface area (Å²) in [5.74, 6) is 1.85. The topological polar surface area (TPSA) is 51.8 Å². The Morgan fingerprint density at radius 1 is 0.267 bits per heavy atom. The highest BCUT2D eigenvalue weighted by molar-refractivity contribution is 6.71. The van der Waals surface area contributed by atoms with Gasteiger partial charge in [-0.3, -0.25) is 0 Å². The van der Waals surface area contributed by atoms with Crippen LogP contribution < -0.4 is 60.1 Å². The van der Waals surface area contributed by atoms with Crippen molar-refractivity contribution in [1.29, 1.82) is 0 Å². The molecule has 4 nitrogen and oxygen atoms in total. The Labute approximate surface area is 362 Å². The molecule has 0 saturated carbocycles. The molecule has 0 N–H and O–H groups in total. The Kier molecular flexibility index (Phi) is 10.1. The molecule has 274 valence electrons. The highest BCUT2D eigenvalue weighted by atomic mass is 16.3. The van der Waals surface area contributed by atoms with Gasteiger partial charge in [0.05, 0.1) is 5.56 Å². The Morgan fingerprint density at radius 3 is 1.10 bits per heavy atom. The summed E-state index contributed by atoms with van der Waals surface area (Å²) >= 11 is 0. The summed E-state index contributed by atoms with van der Waals surface area (Å²) < 4.78 is 7.24. The molecule has 2 heterocycles. The van der Waals surface area contributed by atoms with Gasteiger partial charge >= 0.3 is 0 Å². The molecule has 7 aromatic carbocycles. The lowest BCUT2D eigenvalue weighted by Gasteiger charge is -2.24. The number of rotatable bonds is 6. The van der Waals surface area contributed by atoms with Crippen molar-refractivity contribution in [2.24, 2.45) is 0 Å². The Hall–Kier alpha value is -5.94. The fourth-order valence-corrected chi connectivity index (χ4v) is 9.33. The average molecular weight is 758 g/mol. The second kappa shape index (κ2) is 15.3. The standard InChI is InChI=1S/C45H40B11N3O/c46-30-26(25-31(47)38(54)40(56)39(55)32(25)48)36(52)42-28(33(30)49)27-34(50)37(53)35(51)29(41(27)60-42)45-58-43(23-9-5-2-6-10-23)57-44(59-45)24-17-15-22(16-18-24)21-13-11-20(12-14-21)19-7-3-1-4-8-19/h1-18H,46-56H2. The minimum atomic E-state index is 0.604. The maximum absolute atomic E-state index is 7.24. The maximum Gasteiger partial charge on any atom is 0.167 e. The van der Waals surface area contributed by atoms with Gasteiger partial charge in [0.15, 0.2) is 17.5 Å². The Balaban J connectivity index is 1.24. The van der Waals surface area contributed by atoms with E-state index < -0.39 is 0 Å². The Bertz CT molecular complexity index is 3170. The van der Waals surface area contributed by atoms with E-state index in [4.69, 9.17) is 19.4 Å². The summed E-state index contributed by atoms with van der Waals surface area (Å²) in [6.07, 6.45) is 0. The largest absolute Gasteiger partial charge is 0.456 e. The van der Waals surface area contributed by atoms with Crippen LogP contribution in [0.3, 0.4) is 0 Å². The van der Waals surface area contributed by atoms with Gasteiger partial charge in [-0.2, -0.15) is 0 Å². The minimum absolute atomic E-state index is 0.604. The van der Waals surface area contributed by atoms with Gasteiger partial charge in [0.25, 0.3) is 0 Å². The summed E-state index contributed by atoms with van der Waals surface area (Å²) in [6.45, 7) is 0. The first-order valence-corrected chi connectivity index (χ1v) is 21.0. The van der Waals surface area contributed by atoms with Crippen LogP contribution in [-0.2, 0) is 0 Å². The predicted molar refractivity (Wildman–Crippen MR) is 290 cm³/mol. The summed E-state index contributed by atoms with van der Waals surface area (Å²) in [4.78, 5) is 15.6. The first-order valence-electron chi connectivity index (χ1n) is 21.0. The van der Waals surface area contributed by atoms with Crippen molar-refractivity contribution < 1.29 is 4.42 Å². The minimum Gasteiger partial charge on any atom is -0.456 e. The van der Waals surface area contributed by atoms with E-state index in [0.717, 1.165) is 55.3 Å². The van der Waals surface area contributed by atoms with Crippen molar-refractivity contribution in [3.8, 4) is 67.5 Å². The molecular weight excluding hydrogens is 717 g/mol. The molecule has 2 aromatic heterocycles. The molecule has 0 aliphatic carbocycles. The lowest BCUT2D eigenvalue weighted by molar-refractivity contribution is 0.673. The van der Waals surface area contributed by atoms with Crippen LogP contribution in [0.4, 0.5) is 0 Å². The molecule has 0 atom stereocenters. The first kappa shape index (κ1) is 39.5. The van der Waals surface area contributed by atoms with E-state index in [1.165, 1.54) is 76.8 Å². The predicted octanol–water partition coefficient (Wildman–Crippen LogP) is -7.38. The van der Waals surface area contributed by atoms with Crippen molar-refractivity contribution in [1.82, 2.24) is 15.0 Å². The number of aromatic nitrogens is 3. The normalized spacial score (nSPS) is 11.4. The van der Waals surface area contributed by atoms with Crippen LogP contribution in [0.15, 0.2) is 114 Å². The summed E-state index contributed by atoms with van der Waals surface area (Å²) in [7, 11) is 24.7. The van der Waals surface area contributed by atoms with Crippen molar-refractivity contribution in [3.05, 3.63) is 109 Å². The van der Waals surface area contributed by atoms with Crippen LogP contribution in [0.2, 0.25) is 0 Å². The molecule has 0 saturated heterocycles. The van der Waals surface area contributed by atoms with Crippen molar-refractivity contribution in [2.45, 2.75) is 0 Å². The van der Waals surface area contributed by atoms with Gasteiger partial charge in [0.1, 0.15) is 97.5 Å². The summed E-state index contributed by atoms with van der Waals surface area (Å²) in [6, 6.07) is 38.0. The molecule has 0 aliphatic rings. The lowest BCUT2D eigenvalue weighted by atomic mass is 9.57. The molecule has 9 rings (SSSR count). The van der Waals surface area contributed by atoms with Crippen molar-refractivity contribution in [2.75, 3.05) is 0 Å². The van der Waals surface area contributed by atoms with Gasteiger partial charge < -0.3 is 4.42 Å². The molecule has 0 spiro atoms. The molecule has 0 bridgehead atoms. The quantitative estimate of drug-likeness (QED) is 0.159. The van der Waals surface area contributed by atoms with E-state index in [9.17, 15) is 0 Å². The van der Waals surface area contributed by atoms with E-state index in [0.29, 0.717) is 17.5 Å². The number of fused-ring (bicyclic) bond motifs is 3. The van der Waals surface area contributed by atoms with Crippen LogP contribution >= 0.6 is 0 Å². The van der Waals surface area contributed by atoms with E-state index in [1.807, 2.05) is 24.3 Å². The van der Waals surface area contributed by atoms with Crippen LogP contribution in [-0.4, -0.2) is 101 Å². The Morgan fingerprint density at radius 2 is 0.583 bits per heavy atom. The number of benzene rings is 7. The van der Waals surface area contributed by atoms with Crippen LogP contribution in [0.5, 0.6) is 0 Å². The third-order valence-electron chi connectivity index (χ3n) is 13.6. The molecule has 60 heavy (non-hydrogen) atoms. The zero-order chi connectivity index (χ0) is 42.1. The molecule has 0 amide bonds. The van der Waals surface area contributed by atoms with Gasteiger partial charge in [-0.1, -0.05) is 147 Å².